The van der Waals surface area contributed by atoms with Crippen molar-refractivity contribution in [3.63, 3.8) is 0 Å². The zero-order chi connectivity index (χ0) is 14.8. The quantitative estimate of drug-likeness (QED) is 0.900. The molecule has 0 spiro atoms. The van der Waals surface area contributed by atoms with E-state index in [0.717, 1.165) is 24.9 Å². The van der Waals surface area contributed by atoms with Crippen LogP contribution < -0.4 is 15.0 Å². The smallest absolute Gasteiger partial charge is 0.125 e. The Morgan fingerprint density at radius 3 is 2.48 bits per heavy atom. The van der Waals surface area contributed by atoms with Gasteiger partial charge in [-0.1, -0.05) is 6.07 Å². The summed E-state index contributed by atoms with van der Waals surface area (Å²) in [6, 6.07) is 7.57. The third-order valence-electron chi connectivity index (χ3n) is 4.85. The molecule has 1 saturated heterocycles. The second-order valence-electron chi connectivity index (χ2n) is 6.16. The van der Waals surface area contributed by atoms with E-state index in [1.807, 2.05) is 7.05 Å². The number of nitrogens with one attached hydrogen (secondary N) is 1. The largest absolute Gasteiger partial charge is 0.496 e. The van der Waals surface area contributed by atoms with Gasteiger partial charge in [-0.05, 0) is 38.9 Å². The fraction of sp³-hybridized carbons (Fsp3) is 0.647. The Balaban J connectivity index is 1.80. The lowest BCUT2D eigenvalue weighted by Crippen LogP contribution is -2.47. The van der Waals surface area contributed by atoms with Crippen LogP contribution in [0.25, 0.3) is 0 Å². The van der Waals surface area contributed by atoms with Crippen LogP contribution in [-0.4, -0.2) is 51.3 Å². The van der Waals surface area contributed by atoms with E-state index in [9.17, 15) is 0 Å². The number of hydrogen-bond acceptors (Lipinski definition) is 4. The molecule has 21 heavy (non-hydrogen) atoms. The van der Waals surface area contributed by atoms with Crippen molar-refractivity contribution >= 4 is 5.69 Å². The van der Waals surface area contributed by atoms with Crippen molar-refractivity contribution in [1.82, 2.24) is 10.2 Å². The normalized spacial score (nSPS) is 21.4. The van der Waals surface area contributed by atoms with Gasteiger partial charge in [0.1, 0.15) is 5.75 Å². The summed E-state index contributed by atoms with van der Waals surface area (Å²) in [6.07, 6.45) is 2.81. The Bertz CT molecular complexity index is 479. The van der Waals surface area contributed by atoms with Gasteiger partial charge in [-0.15, -0.1) is 0 Å². The Morgan fingerprint density at radius 2 is 1.90 bits per heavy atom. The molecular formula is C17H27N3O. The molecule has 1 saturated carbocycles. The molecule has 4 heteroatoms. The zero-order valence-corrected chi connectivity index (χ0v) is 13.4. The van der Waals surface area contributed by atoms with E-state index in [1.54, 1.807) is 7.11 Å². The first-order valence-corrected chi connectivity index (χ1v) is 8.07. The Morgan fingerprint density at radius 1 is 1.19 bits per heavy atom. The lowest BCUT2D eigenvalue weighted by atomic mass is 10.0. The number of rotatable bonds is 5. The fourth-order valence-electron chi connectivity index (χ4n) is 3.33. The predicted molar refractivity (Wildman–Crippen MR) is 87.3 cm³/mol. The van der Waals surface area contributed by atoms with Crippen LogP contribution in [0, 0.1) is 0 Å². The van der Waals surface area contributed by atoms with Crippen LogP contribution in [0.5, 0.6) is 5.75 Å². The van der Waals surface area contributed by atoms with Crippen LogP contribution in [0.2, 0.25) is 0 Å². The molecule has 1 atom stereocenters. The molecule has 2 aliphatic rings. The summed E-state index contributed by atoms with van der Waals surface area (Å²) in [6.45, 7) is 6.81. The summed E-state index contributed by atoms with van der Waals surface area (Å²) in [4.78, 5) is 5.17. The standard InChI is InChI=1S/C17H27N3O/c1-13(18-2)17-15(5-4-6-16(17)21-3)20-11-9-19(10-12-20)14-7-8-14/h4-6,13-14,18H,7-12H2,1-3H3. The van der Waals surface area contributed by atoms with Gasteiger partial charge in [0.05, 0.1) is 7.11 Å². The third kappa shape index (κ3) is 3.01. The Kier molecular flexibility index (Phi) is 4.36. The lowest BCUT2D eigenvalue weighted by molar-refractivity contribution is 0.248. The maximum absolute atomic E-state index is 5.59. The zero-order valence-electron chi connectivity index (χ0n) is 13.4. The molecule has 0 bridgehead atoms. The summed E-state index contributed by atoms with van der Waals surface area (Å²) in [5, 5.41) is 3.36. The predicted octanol–water partition coefficient (Wildman–Crippen LogP) is 2.26. The summed E-state index contributed by atoms with van der Waals surface area (Å²) < 4.78 is 5.59. The highest BCUT2D eigenvalue weighted by atomic mass is 16.5. The van der Waals surface area contributed by atoms with Gasteiger partial charge in [0, 0.05) is 49.5 Å². The minimum Gasteiger partial charge on any atom is -0.496 e. The van der Waals surface area contributed by atoms with Gasteiger partial charge in [0.2, 0.25) is 0 Å². The number of nitrogens with zero attached hydrogens (tertiary/aromatic N) is 2. The molecule has 2 fully saturated rings. The minimum absolute atomic E-state index is 0.289. The summed E-state index contributed by atoms with van der Waals surface area (Å²) in [7, 11) is 3.77. The van der Waals surface area contributed by atoms with Crippen LogP contribution in [-0.2, 0) is 0 Å². The van der Waals surface area contributed by atoms with Crippen LogP contribution in [0.3, 0.4) is 0 Å². The lowest BCUT2D eigenvalue weighted by Gasteiger charge is -2.38. The highest BCUT2D eigenvalue weighted by molar-refractivity contribution is 5.61. The first-order valence-electron chi connectivity index (χ1n) is 8.07. The van der Waals surface area contributed by atoms with Gasteiger partial charge >= 0.3 is 0 Å². The third-order valence-corrected chi connectivity index (χ3v) is 4.85. The van der Waals surface area contributed by atoms with Gasteiger partial charge in [-0.3, -0.25) is 4.90 Å². The SMILES string of the molecule is CNC(C)c1c(OC)cccc1N1CCN(C2CC2)CC1. The fourth-order valence-corrected chi connectivity index (χ4v) is 3.33. The Labute approximate surface area is 128 Å². The van der Waals surface area contributed by atoms with Crippen molar-refractivity contribution in [3.05, 3.63) is 23.8 Å². The summed E-state index contributed by atoms with van der Waals surface area (Å²) >= 11 is 0. The van der Waals surface area contributed by atoms with Crippen LogP contribution in [0.4, 0.5) is 5.69 Å². The topological polar surface area (TPSA) is 27.7 Å². The van der Waals surface area contributed by atoms with Crippen LogP contribution >= 0.6 is 0 Å². The van der Waals surface area contributed by atoms with Crippen molar-refractivity contribution in [2.75, 3.05) is 45.2 Å². The first-order chi connectivity index (χ1) is 10.2. The van der Waals surface area contributed by atoms with E-state index in [4.69, 9.17) is 4.74 Å². The van der Waals surface area contributed by atoms with Crippen molar-refractivity contribution < 1.29 is 4.74 Å². The second kappa shape index (κ2) is 6.24. The maximum atomic E-state index is 5.59. The number of piperazine rings is 1. The highest BCUT2D eigenvalue weighted by Gasteiger charge is 2.32. The van der Waals surface area contributed by atoms with E-state index < -0.39 is 0 Å². The number of anilines is 1. The second-order valence-corrected chi connectivity index (χ2v) is 6.16. The summed E-state index contributed by atoms with van der Waals surface area (Å²) in [5.74, 6) is 0.985. The molecule has 0 radical (unpaired) electrons. The van der Waals surface area contributed by atoms with E-state index >= 15 is 0 Å². The molecule has 4 nitrogen and oxygen atoms in total. The van der Waals surface area contributed by atoms with Crippen molar-refractivity contribution in [3.8, 4) is 5.75 Å². The molecule has 1 heterocycles. The molecule has 1 aliphatic heterocycles. The highest BCUT2D eigenvalue weighted by Crippen LogP contribution is 2.36. The molecular weight excluding hydrogens is 262 g/mol. The van der Waals surface area contributed by atoms with Gasteiger partial charge in [-0.2, -0.15) is 0 Å². The van der Waals surface area contributed by atoms with E-state index in [2.05, 4.69) is 40.2 Å². The number of hydrogen-bond donors (Lipinski definition) is 1. The van der Waals surface area contributed by atoms with E-state index in [-0.39, 0.29) is 6.04 Å². The Hall–Kier alpha value is -1.26. The van der Waals surface area contributed by atoms with Gasteiger partial charge in [0.15, 0.2) is 0 Å². The summed E-state index contributed by atoms with van der Waals surface area (Å²) in [5.41, 5.74) is 2.61. The van der Waals surface area contributed by atoms with Gasteiger partial charge in [-0.25, -0.2) is 0 Å². The monoisotopic (exact) mass is 289 g/mol. The van der Waals surface area contributed by atoms with Gasteiger partial charge in [0.25, 0.3) is 0 Å². The molecule has 1 unspecified atom stereocenters. The molecule has 116 valence electrons. The van der Waals surface area contributed by atoms with Crippen molar-refractivity contribution in [2.45, 2.75) is 31.8 Å². The van der Waals surface area contributed by atoms with Gasteiger partial charge < -0.3 is 15.0 Å². The average molecular weight is 289 g/mol. The maximum Gasteiger partial charge on any atom is 0.125 e. The first kappa shape index (κ1) is 14.7. The van der Waals surface area contributed by atoms with E-state index in [0.29, 0.717) is 0 Å². The van der Waals surface area contributed by atoms with Crippen molar-refractivity contribution in [1.29, 1.82) is 0 Å². The number of benzene rings is 1. The number of methoxy groups -OCH3 is 1. The van der Waals surface area contributed by atoms with Crippen molar-refractivity contribution in [2.24, 2.45) is 0 Å². The molecule has 0 aromatic heterocycles. The molecule has 0 amide bonds. The molecule has 1 aliphatic carbocycles. The number of ether oxygens (including phenoxy) is 1. The molecule has 1 aromatic rings. The molecule has 3 rings (SSSR count). The molecule has 1 N–H and O–H groups in total. The average Bonchev–Trinajstić information content (AvgIpc) is 3.38. The minimum atomic E-state index is 0.289. The molecule has 1 aromatic carbocycles. The van der Waals surface area contributed by atoms with E-state index in [1.165, 1.54) is 37.2 Å². The van der Waals surface area contributed by atoms with Crippen LogP contribution in [0.15, 0.2) is 18.2 Å². The van der Waals surface area contributed by atoms with Crippen LogP contribution in [0.1, 0.15) is 31.4 Å².